The number of hydrogen-bond acceptors (Lipinski definition) is 4. The molecule has 1 heterocycles. The highest BCUT2D eigenvalue weighted by Crippen LogP contribution is 2.28. The lowest BCUT2D eigenvalue weighted by Gasteiger charge is -2.07. The maximum Gasteiger partial charge on any atom is 0.257 e. The Morgan fingerprint density at radius 3 is 2.43 bits per heavy atom. The van der Waals surface area contributed by atoms with Gasteiger partial charge in [-0.1, -0.05) is 12.1 Å². The van der Waals surface area contributed by atoms with Crippen molar-refractivity contribution >= 4 is 21.4 Å². The van der Waals surface area contributed by atoms with E-state index in [1.807, 2.05) is 30.7 Å². The van der Waals surface area contributed by atoms with Gasteiger partial charge >= 0.3 is 0 Å². The Bertz CT molecular complexity index is 1200. The summed E-state index contributed by atoms with van der Waals surface area (Å²) in [5, 5.41) is 11.9. The second-order valence-corrected chi connectivity index (χ2v) is 8.59. The molecule has 3 rings (SSSR count). The molecule has 1 N–H and O–H groups in total. The van der Waals surface area contributed by atoms with Crippen LogP contribution in [0.15, 0.2) is 59.6 Å². The number of nitrogens with one attached hydrogen (secondary N) is 1. The van der Waals surface area contributed by atoms with Crippen LogP contribution in [0.4, 0.5) is 5.69 Å². The van der Waals surface area contributed by atoms with Crippen LogP contribution >= 0.6 is 0 Å². The van der Waals surface area contributed by atoms with E-state index in [9.17, 15) is 13.2 Å². The Kier molecular flexibility index (Phi) is 5.08. The number of aromatic nitrogens is 1. The molecule has 3 aromatic rings. The molecule has 0 unspecified atom stereocenters. The van der Waals surface area contributed by atoms with Crippen LogP contribution in [-0.2, 0) is 16.9 Å². The first-order chi connectivity index (χ1) is 13.2. The zero-order chi connectivity index (χ0) is 20.5. The summed E-state index contributed by atoms with van der Waals surface area (Å²) in [6, 6.07) is 15.4. The maximum absolute atomic E-state index is 12.7. The third-order valence-electron chi connectivity index (χ3n) is 4.48. The molecule has 0 fully saturated rings. The van der Waals surface area contributed by atoms with E-state index in [1.165, 1.54) is 12.1 Å². The molecule has 0 aliphatic carbocycles. The van der Waals surface area contributed by atoms with Crippen LogP contribution in [0.3, 0.4) is 0 Å². The number of hydrogen-bond donors (Lipinski definition) is 1. The number of nitrogens with zero attached hydrogens (tertiary/aromatic N) is 2. The van der Waals surface area contributed by atoms with Gasteiger partial charge in [-0.3, -0.25) is 4.79 Å². The number of benzene rings is 2. The van der Waals surface area contributed by atoms with Crippen molar-refractivity contribution in [2.45, 2.75) is 11.8 Å². The van der Waals surface area contributed by atoms with Crippen molar-refractivity contribution in [3.63, 3.8) is 0 Å². The van der Waals surface area contributed by atoms with E-state index in [0.29, 0.717) is 16.8 Å². The van der Waals surface area contributed by atoms with Gasteiger partial charge in [0, 0.05) is 25.2 Å². The smallest absolute Gasteiger partial charge is 0.257 e. The number of amides is 1. The molecule has 0 atom stereocenters. The first kappa shape index (κ1) is 19.4. The number of nitriles is 1. The molecule has 0 bridgehead atoms. The fraction of sp³-hybridized carbons (Fsp3) is 0.143. The molecule has 1 amide bonds. The first-order valence-corrected chi connectivity index (χ1v) is 10.4. The molecule has 0 aliphatic heterocycles. The van der Waals surface area contributed by atoms with E-state index in [-0.39, 0.29) is 10.8 Å². The van der Waals surface area contributed by atoms with Crippen LogP contribution in [0.25, 0.3) is 11.3 Å². The largest absolute Gasteiger partial charge is 0.350 e. The summed E-state index contributed by atoms with van der Waals surface area (Å²) < 4.78 is 24.9. The summed E-state index contributed by atoms with van der Waals surface area (Å²) in [5.41, 5.74) is 4.07. The van der Waals surface area contributed by atoms with Crippen molar-refractivity contribution in [3.8, 4) is 17.3 Å². The zero-order valence-corrected chi connectivity index (χ0v) is 16.5. The van der Waals surface area contributed by atoms with Crippen LogP contribution in [0.1, 0.15) is 21.5 Å². The summed E-state index contributed by atoms with van der Waals surface area (Å²) in [5.74, 6) is -0.289. The summed E-state index contributed by atoms with van der Waals surface area (Å²) in [4.78, 5) is 12.9. The van der Waals surface area contributed by atoms with Gasteiger partial charge in [0.15, 0.2) is 9.84 Å². The van der Waals surface area contributed by atoms with Crippen molar-refractivity contribution in [2.24, 2.45) is 7.05 Å². The molecule has 2 aromatic carbocycles. The number of sulfone groups is 1. The van der Waals surface area contributed by atoms with Gasteiger partial charge in [-0.05, 0) is 54.4 Å². The number of carbonyl (C=O) groups is 1. The van der Waals surface area contributed by atoms with E-state index < -0.39 is 9.84 Å². The minimum atomic E-state index is -3.28. The molecule has 28 heavy (non-hydrogen) atoms. The molecule has 0 aliphatic rings. The minimum Gasteiger partial charge on any atom is -0.350 e. The van der Waals surface area contributed by atoms with Crippen LogP contribution in [0.5, 0.6) is 0 Å². The fourth-order valence-electron chi connectivity index (χ4n) is 3.12. The Morgan fingerprint density at radius 1 is 1.14 bits per heavy atom. The number of rotatable bonds is 4. The molecule has 6 nitrogen and oxygen atoms in total. The standard InChI is InChI=1S/C21H19N3O3S/c1-14-19(13-24(2)20(14)16-6-4-5-15(11-16)12-22)21(25)23-17-7-9-18(10-8-17)28(3,26)27/h4-11,13H,1-3H3,(H,23,25). The van der Waals surface area contributed by atoms with E-state index in [1.54, 1.807) is 30.5 Å². The van der Waals surface area contributed by atoms with E-state index >= 15 is 0 Å². The predicted octanol–water partition coefficient (Wildman–Crippen LogP) is 3.53. The Labute approximate surface area is 164 Å². The van der Waals surface area contributed by atoms with Gasteiger partial charge in [-0.2, -0.15) is 5.26 Å². The Morgan fingerprint density at radius 2 is 1.82 bits per heavy atom. The Hall–Kier alpha value is -3.37. The van der Waals surface area contributed by atoms with Crippen LogP contribution in [0.2, 0.25) is 0 Å². The fourth-order valence-corrected chi connectivity index (χ4v) is 3.75. The van der Waals surface area contributed by atoms with E-state index in [2.05, 4.69) is 11.4 Å². The topological polar surface area (TPSA) is 92.0 Å². The molecule has 0 radical (unpaired) electrons. The molecule has 1 aromatic heterocycles. The molecule has 142 valence electrons. The van der Waals surface area contributed by atoms with Gasteiger partial charge in [-0.25, -0.2) is 8.42 Å². The van der Waals surface area contributed by atoms with Crippen molar-refractivity contribution in [1.29, 1.82) is 5.26 Å². The third kappa shape index (κ3) is 3.82. The highest BCUT2D eigenvalue weighted by molar-refractivity contribution is 7.90. The van der Waals surface area contributed by atoms with Gasteiger partial charge in [-0.15, -0.1) is 0 Å². The van der Waals surface area contributed by atoms with Gasteiger partial charge in [0.2, 0.25) is 0 Å². The minimum absolute atomic E-state index is 0.195. The lowest BCUT2D eigenvalue weighted by molar-refractivity contribution is 0.102. The molecule has 0 saturated heterocycles. The lowest BCUT2D eigenvalue weighted by atomic mass is 10.0. The molecular formula is C21H19N3O3S. The van der Waals surface area contributed by atoms with Crippen LogP contribution in [-0.4, -0.2) is 25.1 Å². The second kappa shape index (κ2) is 7.33. The monoisotopic (exact) mass is 393 g/mol. The predicted molar refractivity (Wildman–Crippen MR) is 108 cm³/mol. The molecule has 0 spiro atoms. The highest BCUT2D eigenvalue weighted by atomic mass is 32.2. The van der Waals surface area contributed by atoms with Crippen molar-refractivity contribution in [1.82, 2.24) is 4.57 Å². The van der Waals surface area contributed by atoms with Gasteiger partial charge in [0.05, 0.1) is 27.8 Å². The number of aryl methyl sites for hydroxylation is 1. The van der Waals surface area contributed by atoms with Crippen molar-refractivity contribution in [2.75, 3.05) is 11.6 Å². The third-order valence-corrected chi connectivity index (χ3v) is 5.61. The highest BCUT2D eigenvalue weighted by Gasteiger charge is 2.18. The average Bonchev–Trinajstić information content (AvgIpc) is 2.96. The summed E-state index contributed by atoms with van der Waals surface area (Å²) in [6.07, 6.45) is 2.88. The molecular weight excluding hydrogens is 374 g/mol. The van der Waals surface area contributed by atoms with Gasteiger partial charge in [0.25, 0.3) is 5.91 Å². The summed E-state index contributed by atoms with van der Waals surface area (Å²) in [7, 11) is -1.44. The van der Waals surface area contributed by atoms with Crippen molar-refractivity contribution in [3.05, 3.63) is 71.4 Å². The molecule has 7 heteroatoms. The normalized spacial score (nSPS) is 11.1. The molecule has 0 saturated carbocycles. The SMILES string of the molecule is Cc1c(C(=O)Nc2ccc(S(C)(=O)=O)cc2)cn(C)c1-c1cccc(C#N)c1. The zero-order valence-electron chi connectivity index (χ0n) is 15.7. The summed E-state index contributed by atoms with van der Waals surface area (Å²) >= 11 is 0. The van der Waals surface area contributed by atoms with E-state index in [0.717, 1.165) is 23.1 Å². The maximum atomic E-state index is 12.7. The van der Waals surface area contributed by atoms with Gasteiger partial charge < -0.3 is 9.88 Å². The first-order valence-electron chi connectivity index (χ1n) is 8.48. The van der Waals surface area contributed by atoms with Crippen molar-refractivity contribution < 1.29 is 13.2 Å². The Balaban J connectivity index is 1.90. The quantitative estimate of drug-likeness (QED) is 0.734. The average molecular weight is 393 g/mol. The van der Waals surface area contributed by atoms with Crippen LogP contribution < -0.4 is 5.32 Å². The van der Waals surface area contributed by atoms with Crippen LogP contribution in [0, 0.1) is 18.3 Å². The van der Waals surface area contributed by atoms with E-state index in [4.69, 9.17) is 5.26 Å². The lowest BCUT2D eigenvalue weighted by Crippen LogP contribution is -2.12. The number of carbonyl (C=O) groups excluding carboxylic acids is 1. The van der Waals surface area contributed by atoms with Gasteiger partial charge in [0.1, 0.15) is 0 Å². The number of anilines is 1. The second-order valence-electron chi connectivity index (χ2n) is 6.57. The summed E-state index contributed by atoms with van der Waals surface area (Å²) in [6.45, 7) is 1.86.